The zero-order valence-corrected chi connectivity index (χ0v) is 10.6. The summed E-state index contributed by atoms with van der Waals surface area (Å²) in [6.07, 6.45) is 2.56. The summed E-state index contributed by atoms with van der Waals surface area (Å²) in [7, 11) is 2.22. The van der Waals surface area contributed by atoms with Crippen LogP contribution in [0.4, 0.5) is 5.69 Å². The second-order valence-corrected chi connectivity index (χ2v) is 4.85. The summed E-state index contributed by atoms with van der Waals surface area (Å²) in [5.41, 5.74) is 9.04. The lowest BCUT2D eigenvalue weighted by Crippen LogP contribution is -2.27. The van der Waals surface area contributed by atoms with Crippen LogP contribution in [0.25, 0.3) is 0 Å². The Bertz CT molecular complexity index is 405. The molecule has 2 rings (SSSR count). The Labute approximate surface area is 93.1 Å². The molecule has 0 saturated carbocycles. The zero-order valence-electron chi connectivity index (χ0n) is 10.6. The lowest BCUT2D eigenvalue weighted by Gasteiger charge is -2.32. The van der Waals surface area contributed by atoms with Crippen LogP contribution in [0, 0.1) is 27.7 Å². The monoisotopic (exact) mass is 203 g/mol. The fourth-order valence-corrected chi connectivity index (χ4v) is 2.80. The topological polar surface area (TPSA) is 3.24 Å². The van der Waals surface area contributed by atoms with Gasteiger partial charge in [-0.25, -0.2) is 0 Å². The third-order valence-electron chi connectivity index (χ3n) is 4.08. The molecule has 0 bridgehead atoms. The van der Waals surface area contributed by atoms with E-state index in [1.807, 2.05) is 0 Å². The number of anilines is 1. The molecule has 0 saturated heterocycles. The molecular formula is C14H21N. The van der Waals surface area contributed by atoms with Crippen LogP contribution in [-0.4, -0.2) is 13.6 Å². The molecule has 1 aliphatic heterocycles. The second kappa shape index (κ2) is 3.55. The molecule has 0 aliphatic carbocycles. The summed E-state index contributed by atoms with van der Waals surface area (Å²) < 4.78 is 0. The predicted molar refractivity (Wildman–Crippen MR) is 67.0 cm³/mol. The maximum atomic E-state index is 2.42. The SMILES string of the molecule is Cc1c(C)c(C)c2c(c1C)CCCN2C. The molecule has 15 heavy (non-hydrogen) atoms. The van der Waals surface area contributed by atoms with E-state index in [0.717, 1.165) is 0 Å². The van der Waals surface area contributed by atoms with E-state index < -0.39 is 0 Å². The second-order valence-electron chi connectivity index (χ2n) is 4.85. The van der Waals surface area contributed by atoms with Gasteiger partial charge in [-0.05, 0) is 68.4 Å². The van der Waals surface area contributed by atoms with E-state index in [2.05, 4.69) is 39.6 Å². The summed E-state index contributed by atoms with van der Waals surface area (Å²) in [6, 6.07) is 0. The van der Waals surface area contributed by atoms with Crippen molar-refractivity contribution < 1.29 is 0 Å². The minimum atomic E-state index is 1.20. The summed E-state index contributed by atoms with van der Waals surface area (Å²) in [6.45, 7) is 10.3. The molecule has 0 fully saturated rings. The molecule has 0 spiro atoms. The molecule has 0 N–H and O–H groups in total. The van der Waals surface area contributed by atoms with E-state index in [-0.39, 0.29) is 0 Å². The van der Waals surface area contributed by atoms with Gasteiger partial charge in [-0.3, -0.25) is 0 Å². The highest BCUT2D eigenvalue weighted by Crippen LogP contribution is 2.36. The Balaban J connectivity index is 2.74. The highest BCUT2D eigenvalue weighted by Gasteiger charge is 2.20. The Morgan fingerprint density at radius 1 is 0.867 bits per heavy atom. The molecule has 82 valence electrons. The first-order valence-electron chi connectivity index (χ1n) is 5.84. The van der Waals surface area contributed by atoms with Crippen molar-refractivity contribution in [3.05, 3.63) is 27.8 Å². The van der Waals surface area contributed by atoms with Crippen molar-refractivity contribution in [3.63, 3.8) is 0 Å². The normalized spacial score (nSPS) is 15.4. The van der Waals surface area contributed by atoms with Crippen molar-refractivity contribution in [2.45, 2.75) is 40.5 Å². The van der Waals surface area contributed by atoms with Crippen molar-refractivity contribution in [1.82, 2.24) is 0 Å². The van der Waals surface area contributed by atoms with Gasteiger partial charge < -0.3 is 4.90 Å². The van der Waals surface area contributed by atoms with E-state index in [1.165, 1.54) is 47.3 Å². The van der Waals surface area contributed by atoms with Crippen molar-refractivity contribution in [2.24, 2.45) is 0 Å². The predicted octanol–water partition coefficient (Wildman–Crippen LogP) is 3.30. The molecule has 1 aromatic carbocycles. The number of benzene rings is 1. The smallest absolute Gasteiger partial charge is 0.0431 e. The molecule has 0 amide bonds. The van der Waals surface area contributed by atoms with E-state index in [0.29, 0.717) is 0 Å². The van der Waals surface area contributed by atoms with Gasteiger partial charge in [0.05, 0.1) is 0 Å². The van der Waals surface area contributed by atoms with Gasteiger partial charge in [0.25, 0.3) is 0 Å². The van der Waals surface area contributed by atoms with Crippen LogP contribution >= 0.6 is 0 Å². The molecule has 0 atom stereocenters. The molecular weight excluding hydrogens is 182 g/mol. The number of fused-ring (bicyclic) bond motifs is 1. The number of hydrogen-bond acceptors (Lipinski definition) is 1. The Morgan fingerprint density at radius 3 is 2.13 bits per heavy atom. The molecule has 1 heterocycles. The van der Waals surface area contributed by atoms with Gasteiger partial charge >= 0.3 is 0 Å². The number of rotatable bonds is 0. The summed E-state index contributed by atoms with van der Waals surface area (Å²) in [4.78, 5) is 2.42. The van der Waals surface area contributed by atoms with Crippen LogP contribution in [0.2, 0.25) is 0 Å². The van der Waals surface area contributed by atoms with Crippen LogP contribution in [0.3, 0.4) is 0 Å². The first kappa shape index (κ1) is 10.5. The van der Waals surface area contributed by atoms with Crippen LogP contribution in [0.15, 0.2) is 0 Å². The fourth-order valence-electron chi connectivity index (χ4n) is 2.80. The van der Waals surface area contributed by atoms with Gasteiger partial charge in [-0.1, -0.05) is 0 Å². The van der Waals surface area contributed by atoms with Crippen LogP contribution < -0.4 is 4.90 Å². The molecule has 0 radical (unpaired) electrons. The maximum Gasteiger partial charge on any atom is 0.0431 e. The van der Waals surface area contributed by atoms with Crippen molar-refractivity contribution in [3.8, 4) is 0 Å². The summed E-state index contributed by atoms with van der Waals surface area (Å²) in [5, 5.41) is 0. The first-order valence-corrected chi connectivity index (χ1v) is 5.84. The van der Waals surface area contributed by atoms with E-state index in [9.17, 15) is 0 Å². The minimum Gasteiger partial charge on any atom is -0.374 e. The van der Waals surface area contributed by atoms with Gasteiger partial charge in [0.2, 0.25) is 0 Å². The van der Waals surface area contributed by atoms with Crippen LogP contribution in [-0.2, 0) is 6.42 Å². The standard InChI is InChI=1S/C14H21N/c1-9-10(2)12(4)14-13(11(9)3)7-6-8-15(14)5/h6-8H2,1-5H3. The average Bonchev–Trinajstić information content (AvgIpc) is 2.23. The fraction of sp³-hybridized carbons (Fsp3) is 0.571. The van der Waals surface area contributed by atoms with Gasteiger partial charge in [0, 0.05) is 19.3 Å². The quantitative estimate of drug-likeness (QED) is 0.625. The molecule has 1 aromatic rings. The first-order chi connectivity index (χ1) is 7.04. The van der Waals surface area contributed by atoms with E-state index in [1.54, 1.807) is 5.56 Å². The summed E-state index contributed by atoms with van der Waals surface area (Å²) >= 11 is 0. The Hall–Kier alpha value is -0.980. The van der Waals surface area contributed by atoms with Crippen molar-refractivity contribution in [1.29, 1.82) is 0 Å². The molecule has 0 aromatic heterocycles. The molecule has 1 heteroatoms. The molecule has 0 unspecified atom stereocenters. The van der Waals surface area contributed by atoms with Crippen LogP contribution in [0.1, 0.15) is 34.2 Å². The van der Waals surface area contributed by atoms with Gasteiger partial charge in [-0.2, -0.15) is 0 Å². The van der Waals surface area contributed by atoms with Gasteiger partial charge in [-0.15, -0.1) is 0 Å². The third kappa shape index (κ3) is 1.45. The Kier molecular flexibility index (Phi) is 2.49. The van der Waals surface area contributed by atoms with E-state index >= 15 is 0 Å². The van der Waals surface area contributed by atoms with Gasteiger partial charge in [0.15, 0.2) is 0 Å². The molecule has 1 aliphatic rings. The highest BCUT2D eigenvalue weighted by molar-refractivity contribution is 5.67. The highest BCUT2D eigenvalue weighted by atomic mass is 15.1. The maximum absolute atomic E-state index is 2.42. The number of nitrogens with zero attached hydrogens (tertiary/aromatic N) is 1. The Morgan fingerprint density at radius 2 is 1.47 bits per heavy atom. The van der Waals surface area contributed by atoms with Crippen molar-refractivity contribution >= 4 is 5.69 Å². The number of hydrogen-bond donors (Lipinski definition) is 0. The van der Waals surface area contributed by atoms with Crippen molar-refractivity contribution in [2.75, 3.05) is 18.5 Å². The third-order valence-corrected chi connectivity index (χ3v) is 4.08. The zero-order chi connectivity index (χ0) is 11.2. The lowest BCUT2D eigenvalue weighted by molar-refractivity contribution is 0.735. The largest absolute Gasteiger partial charge is 0.374 e. The van der Waals surface area contributed by atoms with Gasteiger partial charge in [0.1, 0.15) is 0 Å². The lowest BCUT2D eigenvalue weighted by atomic mass is 9.88. The minimum absolute atomic E-state index is 1.20. The van der Waals surface area contributed by atoms with Crippen LogP contribution in [0.5, 0.6) is 0 Å². The van der Waals surface area contributed by atoms with E-state index in [4.69, 9.17) is 0 Å². The summed E-state index contributed by atoms with van der Waals surface area (Å²) in [5.74, 6) is 0. The average molecular weight is 203 g/mol. The molecule has 1 nitrogen and oxygen atoms in total.